The van der Waals surface area contributed by atoms with Crippen LogP contribution in [0, 0.1) is 5.82 Å². The van der Waals surface area contributed by atoms with Gasteiger partial charge in [0.1, 0.15) is 11.6 Å². The van der Waals surface area contributed by atoms with Crippen LogP contribution in [-0.2, 0) is 6.54 Å². The standard InChI is InChI=1S/C21H17BrClFN4S/c1-12(17-9-4-10-29-17)26-20-14-6-3-7-15(22)19(14)27-21(28-20)25-11-13-5-2-8-16(23)18(13)24/h2-10,12H,11H2,1H3,(H2,25,26,27,28). The molecule has 0 fully saturated rings. The van der Waals surface area contributed by atoms with Crippen molar-refractivity contribution in [1.29, 1.82) is 0 Å². The summed E-state index contributed by atoms with van der Waals surface area (Å²) in [5, 5.41) is 9.65. The summed E-state index contributed by atoms with van der Waals surface area (Å²) in [6.07, 6.45) is 0. The second-order valence-electron chi connectivity index (χ2n) is 6.48. The van der Waals surface area contributed by atoms with Crippen LogP contribution in [0.1, 0.15) is 23.4 Å². The van der Waals surface area contributed by atoms with Crippen molar-refractivity contribution in [3.8, 4) is 0 Å². The van der Waals surface area contributed by atoms with E-state index in [2.05, 4.69) is 54.9 Å². The molecule has 4 nitrogen and oxygen atoms in total. The van der Waals surface area contributed by atoms with E-state index in [9.17, 15) is 4.39 Å². The number of nitrogens with zero attached hydrogens (tertiary/aromatic N) is 2. The first-order chi connectivity index (χ1) is 14.0. The van der Waals surface area contributed by atoms with Crippen molar-refractivity contribution in [1.82, 2.24) is 9.97 Å². The third kappa shape index (κ3) is 4.37. The molecule has 0 saturated carbocycles. The van der Waals surface area contributed by atoms with Crippen LogP contribution >= 0.6 is 38.9 Å². The molecule has 2 N–H and O–H groups in total. The molecule has 4 aromatic rings. The summed E-state index contributed by atoms with van der Waals surface area (Å²) in [5.74, 6) is 0.684. The van der Waals surface area contributed by atoms with Gasteiger partial charge in [-0.05, 0) is 52.5 Å². The predicted molar refractivity (Wildman–Crippen MR) is 122 cm³/mol. The number of nitrogens with one attached hydrogen (secondary N) is 2. The van der Waals surface area contributed by atoms with Gasteiger partial charge in [-0.15, -0.1) is 11.3 Å². The van der Waals surface area contributed by atoms with Gasteiger partial charge in [0.15, 0.2) is 0 Å². The molecule has 2 aromatic carbocycles. The number of fused-ring (bicyclic) bond motifs is 1. The van der Waals surface area contributed by atoms with Crippen molar-refractivity contribution in [2.45, 2.75) is 19.5 Å². The maximum Gasteiger partial charge on any atom is 0.225 e. The number of hydrogen-bond acceptors (Lipinski definition) is 5. The summed E-state index contributed by atoms with van der Waals surface area (Å²) in [5.41, 5.74) is 1.23. The number of aromatic nitrogens is 2. The van der Waals surface area contributed by atoms with Gasteiger partial charge in [0.05, 0.1) is 16.6 Å². The van der Waals surface area contributed by atoms with Crippen LogP contribution in [0.3, 0.4) is 0 Å². The number of rotatable bonds is 6. The molecule has 0 aliphatic carbocycles. The SMILES string of the molecule is CC(Nc1nc(NCc2cccc(Cl)c2F)nc2c(Br)cccc12)c1cccs1. The van der Waals surface area contributed by atoms with Gasteiger partial charge in [0.2, 0.25) is 5.95 Å². The van der Waals surface area contributed by atoms with Gasteiger partial charge in [0.25, 0.3) is 0 Å². The number of hydrogen-bond donors (Lipinski definition) is 2. The highest BCUT2D eigenvalue weighted by atomic mass is 79.9. The lowest BCUT2D eigenvalue weighted by atomic mass is 10.2. The zero-order chi connectivity index (χ0) is 20.4. The minimum atomic E-state index is -0.437. The molecule has 2 heterocycles. The second-order valence-corrected chi connectivity index (χ2v) is 8.72. The molecule has 0 radical (unpaired) electrons. The van der Waals surface area contributed by atoms with E-state index in [0.29, 0.717) is 17.3 Å². The Kier molecular flexibility index (Phi) is 5.99. The zero-order valence-corrected chi connectivity index (χ0v) is 18.6. The Balaban J connectivity index is 1.67. The quantitative estimate of drug-likeness (QED) is 0.304. The first-order valence-electron chi connectivity index (χ1n) is 8.96. The molecule has 1 unspecified atom stereocenters. The largest absolute Gasteiger partial charge is 0.362 e. The molecule has 8 heteroatoms. The van der Waals surface area contributed by atoms with Crippen LogP contribution in [0.25, 0.3) is 10.9 Å². The second kappa shape index (κ2) is 8.65. The van der Waals surface area contributed by atoms with Crippen LogP contribution in [-0.4, -0.2) is 9.97 Å². The Bertz CT molecular complexity index is 1150. The Hall–Kier alpha value is -2.22. The van der Waals surface area contributed by atoms with E-state index in [1.807, 2.05) is 24.3 Å². The summed E-state index contributed by atoms with van der Waals surface area (Å²) in [4.78, 5) is 10.5. The summed E-state index contributed by atoms with van der Waals surface area (Å²) in [6.45, 7) is 2.31. The summed E-state index contributed by atoms with van der Waals surface area (Å²) < 4.78 is 15.1. The van der Waals surface area contributed by atoms with E-state index in [-0.39, 0.29) is 17.6 Å². The lowest BCUT2D eigenvalue weighted by Crippen LogP contribution is -2.11. The molecule has 4 rings (SSSR count). The van der Waals surface area contributed by atoms with Crippen molar-refractivity contribution >= 4 is 61.5 Å². The molecular weight excluding hydrogens is 475 g/mol. The Morgan fingerprint density at radius 1 is 1.14 bits per heavy atom. The average Bonchev–Trinajstić information content (AvgIpc) is 3.25. The van der Waals surface area contributed by atoms with E-state index in [1.165, 1.54) is 10.9 Å². The monoisotopic (exact) mass is 490 g/mol. The number of anilines is 2. The molecule has 148 valence electrons. The third-order valence-electron chi connectivity index (χ3n) is 4.47. The molecule has 0 aliphatic heterocycles. The summed E-state index contributed by atoms with van der Waals surface area (Å²) in [6, 6.07) is 15.0. The first-order valence-corrected chi connectivity index (χ1v) is 11.0. The average molecular weight is 492 g/mol. The highest BCUT2D eigenvalue weighted by Crippen LogP contribution is 2.31. The number of halogens is 3. The Morgan fingerprint density at radius 3 is 2.76 bits per heavy atom. The van der Waals surface area contributed by atoms with Gasteiger partial charge in [-0.3, -0.25) is 0 Å². The summed E-state index contributed by atoms with van der Waals surface area (Å²) >= 11 is 11.1. The van der Waals surface area contributed by atoms with E-state index < -0.39 is 5.82 Å². The van der Waals surface area contributed by atoms with Crippen molar-refractivity contribution in [3.05, 3.63) is 79.7 Å². The first kappa shape index (κ1) is 20.1. The molecule has 0 spiro atoms. The Labute approximate surface area is 185 Å². The summed E-state index contributed by atoms with van der Waals surface area (Å²) in [7, 11) is 0. The van der Waals surface area contributed by atoms with Crippen molar-refractivity contribution < 1.29 is 4.39 Å². The molecule has 0 amide bonds. The van der Waals surface area contributed by atoms with Crippen LogP contribution in [0.5, 0.6) is 0 Å². The van der Waals surface area contributed by atoms with Crippen molar-refractivity contribution in [3.63, 3.8) is 0 Å². The number of benzene rings is 2. The highest BCUT2D eigenvalue weighted by Gasteiger charge is 2.14. The molecule has 0 aliphatic rings. The topological polar surface area (TPSA) is 49.8 Å². The van der Waals surface area contributed by atoms with Gasteiger partial charge in [-0.2, -0.15) is 4.98 Å². The van der Waals surface area contributed by atoms with Crippen LogP contribution in [0.2, 0.25) is 5.02 Å². The smallest absolute Gasteiger partial charge is 0.225 e. The van der Waals surface area contributed by atoms with Gasteiger partial charge in [-0.25, -0.2) is 9.37 Å². The maximum atomic E-state index is 14.2. The lowest BCUT2D eigenvalue weighted by Gasteiger charge is -2.16. The molecule has 2 aromatic heterocycles. The molecular formula is C21H17BrClFN4S. The van der Waals surface area contributed by atoms with Gasteiger partial charge in [-0.1, -0.05) is 35.9 Å². The lowest BCUT2D eigenvalue weighted by molar-refractivity contribution is 0.613. The van der Waals surface area contributed by atoms with Crippen LogP contribution in [0.15, 0.2) is 58.4 Å². The van der Waals surface area contributed by atoms with E-state index in [0.717, 1.165) is 15.4 Å². The maximum absolute atomic E-state index is 14.2. The minimum absolute atomic E-state index is 0.0882. The normalized spacial score (nSPS) is 12.1. The van der Waals surface area contributed by atoms with E-state index >= 15 is 0 Å². The van der Waals surface area contributed by atoms with Gasteiger partial charge >= 0.3 is 0 Å². The molecule has 0 bridgehead atoms. The fraction of sp³-hybridized carbons (Fsp3) is 0.143. The van der Waals surface area contributed by atoms with E-state index in [1.54, 1.807) is 23.5 Å². The van der Waals surface area contributed by atoms with Crippen LogP contribution < -0.4 is 10.6 Å². The van der Waals surface area contributed by atoms with Crippen molar-refractivity contribution in [2.75, 3.05) is 10.6 Å². The Morgan fingerprint density at radius 2 is 1.97 bits per heavy atom. The molecule has 29 heavy (non-hydrogen) atoms. The zero-order valence-electron chi connectivity index (χ0n) is 15.4. The molecule has 0 saturated heterocycles. The number of para-hydroxylation sites is 1. The predicted octanol–water partition coefficient (Wildman–Crippen LogP) is 7.03. The molecule has 1 atom stereocenters. The van der Waals surface area contributed by atoms with Gasteiger partial charge in [0, 0.05) is 26.8 Å². The highest BCUT2D eigenvalue weighted by molar-refractivity contribution is 9.10. The van der Waals surface area contributed by atoms with Gasteiger partial charge < -0.3 is 10.6 Å². The minimum Gasteiger partial charge on any atom is -0.362 e. The fourth-order valence-corrected chi connectivity index (χ4v) is 4.36. The third-order valence-corrected chi connectivity index (χ3v) is 6.46. The van der Waals surface area contributed by atoms with Crippen molar-refractivity contribution in [2.24, 2.45) is 0 Å². The van der Waals surface area contributed by atoms with Crippen LogP contribution in [0.4, 0.5) is 16.2 Å². The fourth-order valence-electron chi connectivity index (χ4n) is 2.98. The van der Waals surface area contributed by atoms with E-state index in [4.69, 9.17) is 11.6 Å². The number of thiophene rings is 1.